The summed E-state index contributed by atoms with van der Waals surface area (Å²) in [5.41, 5.74) is 12.5. The van der Waals surface area contributed by atoms with E-state index in [2.05, 4.69) is 105 Å². The van der Waals surface area contributed by atoms with E-state index < -0.39 is 0 Å². The molecule has 1 atom stereocenters. The Kier molecular flexibility index (Phi) is 10.2. The van der Waals surface area contributed by atoms with Crippen molar-refractivity contribution in [2.45, 2.75) is 64.6 Å². The molecular weight excluding hydrogens is 687 g/mol. The summed E-state index contributed by atoms with van der Waals surface area (Å²) in [7, 11) is 0. The van der Waals surface area contributed by atoms with Gasteiger partial charge in [0.15, 0.2) is 0 Å². The van der Waals surface area contributed by atoms with E-state index in [0.29, 0.717) is 30.9 Å². The minimum Gasteiger partial charge on any atom is -0.374 e. The molecule has 2 aliphatic heterocycles. The Morgan fingerprint density at radius 3 is 2.31 bits per heavy atom. The van der Waals surface area contributed by atoms with Gasteiger partial charge in [-0.05, 0) is 116 Å². The molecule has 0 aliphatic carbocycles. The minimum atomic E-state index is -0.371. The van der Waals surface area contributed by atoms with Crippen molar-refractivity contribution in [3.05, 3.63) is 143 Å². The summed E-state index contributed by atoms with van der Waals surface area (Å²) in [5, 5.41) is 13.2. The molecule has 6 aromatic rings. The fourth-order valence-electron chi connectivity index (χ4n) is 7.70. The number of benzene rings is 4. The number of aromatic nitrogens is 3. The van der Waals surface area contributed by atoms with Crippen LogP contribution in [0.4, 0.5) is 5.69 Å². The van der Waals surface area contributed by atoms with Crippen molar-refractivity contribution in [1.29, 1.82) is 0 Å². The van der Waals surface area contributed by atoms with Crippen LogP contribution in [0.5, 0.6) is 0 Å². The second-order valence-electron chi connectivity index (χ2n) is 14.9. The van der Waals surface area contributed by atoms with E-state index in [1.54, 1.807) is 6.33 Å². The predicted octanol–water partition coefficient (Wildman–Crippen LogP) is 7.21. The highest BCUT2D eigenvalue weighted by Crippen LogP contribution is 2.32. The Labute approximate surface area is 321 Å². The summed E-state index contributed by atoms with van der Waals surface area (Å²) >= 11 is 0. The number of amides is 3. The first-order valence-electron chi connectivity index (χ1n) is 19.1. The molecule has 8 rings (SSSR count). The van der Waals surface area contributed by atoms with Crippen molar-refractivity contribution in [2.24, 2.45) is 0 Å². The molecule has 4 aromatic carbocycles. The van der Waals surface area contributed by atoms with Gasteiger partial charge in [-0.3, -0.25) is 24.6 Å². The second kappa shape index (κ2) is 15.7. The molecule has 4 heterocycles. The largest absolute Gasteiger partial charge is 0.374 e. The van der Waals surface area contributed by atoms with Gasteiger partial charge in [0.05, 0.1) is 11.2 Å². The normalized spacial score (nSPS) is 16.6. The number of nitrogens with zero attached hydrogens (tertiary/aromatic N) is 4. The van der Waals surface area contributed by atoms with Crippen molar-refractivity contribution in [3.8, 4) is 22.4 Å². The average Bonchev–Trinajstić information content (AvgIpc) is 3.64. The lowest BCUT2D eigenvalue weighted by molar-refractivity contribution is -0.133. The molecule has 10 nitrogen and oxygen atoms in total. The molecule has 278 valence electrons. The Morgan fingerprint density at radius 1 is 0.836 bits per heavy atom. The zero-order chi connectivity index (χ0) is 37.9. The molecule has 2 aromatic heterocycles. The third-order valence-corrected chi connectivity index (χ3v) is 11.0. The number of anilines is 1. The van der Waals surface area contributed by atoms with Crippen LogP contribution in [0.2, 0.25) is 0 Å². The second-order valence-corrected chi connectivity index (χ2v) is 14.9. The number of hydrogen-bond acceptors (Lipinski definition) is 7. The number of likely N-dealkylation sites (tertiary alicyclic amines) is 1. The number of carbonyl (C=O) groups excluding carboxylic acids is 3. The molecule has 1 unspecified atom stereocenters. The molecule has 3 amide bonds. The van der Waals surface area contributed by atoms with Gasteiger partial charge in [0, 0.05) is 48.1 Å². The fraction of sp³-hybridized carbons (Fsp3) is 0.267. The third kappa shape index (κ3) is 8.19. The molecule has 0 saturated carbocycles. The Bertz CT molecular complexity index is 2340. The van der Waals surface area contributed by atoms with E-state index in [0.717, 1.165) is 82.8 Å². The van der Waals surface area contributed by atoms with E-state index in [1.807, 2.05) is 47.8 Å². The summed E-state index contributed by atoms with van der Waals surface area (Å²) in [6, 6.07) is 32.9. The molecule has 10 heteroatoms. The first kappa shape index (κ1) is 35.9. The van der Waals surface area contributed by atoms with Crippen LogP contribution in [0.15, 0.2) is 110 Å². The van der Waals surface area contributed by atoms with Crippen LogP contribution in [-0.2, 0) is 22.7 Å². The van der Waals surface area contributed by atoms with Crippen molar-refractivity contribution in [2.75, 3.05) is 18.4 Å². The zero-order valence-corrected chi connectivity index (χ0v) is 31.2. The smallest absolute Gasteiger partial charge is 0.251 e. The standard InChI is InChI=1S/C45H45N7O3/c1-29-3-7-35(8-4-29)44(54)46-25-37-12-11-36(23-30(37)2)43-41-24-38(27-52(41)48-28-47-43)33-9-5-31(6-10-33)26-51-21-19-34(20-22-51)32-13-15-39(16-14-32)49-40-17-18-42(53)50-45(40)55/h3-16,23-24,27-28,34,40,49H,17-22,25-26H2,1-2H3,(H,46,54)(H,50,53,55). The van der Waals surface area contributed by atoms with Gasteiger partial charge in [-0.25, -0.2) is 9.50 Å². The van der Waals surface area contributed by atoms with Crippen molar-refractivity contribution < 1.29 is 14.4 Å². The lowest BCUT2D eigenvalue weighted by Gasteiger charge is -2.32. The SMILES string of the molecule is Cc1ccc(C(=O)NCc2ccc(-c3ncnn4cc(-c5ccc(CN6CCC(c7ccc(NC8CCC(=O)NC8=O)cc7)CC6)cc5)cc34)cc2C)cc1. The van der Waals surface area contributed by atoms with Crippen molar-refractivity contribution >= 4 is 28.9 Å². The van der Waals surface area contributed by atoms with E-state index in [1.165, 1.54) is 11.1 Å². The van der Waals surface area contributed by atoms with Crippen LogP contribution in [0.25, 0.3) is 27.9 Å². The number of rotatable bonds is 10. The van der Waals surface area contributed by atoms with Gasteiger partial charge in [-0.1, -0.05) is 66.2 Å². The molecule has 0 bridgehead atoms. The zero-order valence-electron chi connectivity index (χ0n) is 31.2. The quantitative estimate of drug-likeness (QED) is 0.128. The van der Waals surface area contributed by atoms with Gasteiger partial charge in [0.2, 0.25) is 11.8 Å². The third-order valence-electron chi connectivity index (χ3n) is 11.0. The lowest BCUT2D eigenvalue weighted by atomic mass is 9.89. The molecule has 0 spiro atoms. The molecule has 2 fully saturated rings. The highest BCUT2D eigenvalue weighted by atomic mass is 16.2. The number of piperidine rings is 2. The average molecular weight is 732 g/mol. The number of nitrogens with one attached hydrogen (secondary N) is 3. The van der Waals surface area contributed by atoms with Gasteiger partial charge in [0.25, 0.3) is 5.91 Å². The van der Waals surface area contributed by atoms with Crippen molar-refractivity contribution in [3.63, 3.8) is 0 Å². The van der Waals surface area contributed by atoms with E-state index in [-0.39, 0.29) is 23.8 Å². The van der Waals surface area contributed by atoms with Crippen LogP contribution < -0.4 is 16.0 Å². The monoisotopic (exact) mass is 731 g/mol. The molecule has 55 heavy (non-hydrogen) atoms. The van der Waals surface area contributed by atoms with Gasteiger partial charge in [0.1, 0.15) is 12.4 Å². The highest BCUT2D eigenvalue weighted by Gasteiger charge is 2.26. The lowest BCUT2D eigenvalue weighted by Crippen LogP contribution is -2.47. The van der Waals surface area contributed by atoms with Gasteiger partial charge >= 0.3 is 0 Å². The van der Waals surface area contributed by atoms with Crippen LogP contribution >= 0.6 is 0 Å². The van der Waals surface area contributed by atoms with Crippen LogP contribution in [0, 0.1) is 13.8 Å². The van der Waals surface area contributed by atoms with Gasteiger partial charge in [-0.15, -0.1) is 0 Å². The van der Waals surface area contributed by atoms with E-state index in [4.69, 9.17) is 0 Å². The first-order valence-corrected chi connectivity index (χ1v) is 19.1. The molecule has 2 saturated heterocycles. The predicted molar refractivity (Wildman–Crippen MR) is 214 cm³/mol. The van der Waals surface area contributed by atoms with E-state index in [9.17, 15) is 14.4 Å². The fourth-order valence-corrected chi connectivity index (χ4v) is 7.70. The number of imide groups is 1. The van der Waals surface area contributed by atoms with Gasteiger partial charge < -0.3 is 10.6 Å². The van der Waals surface area contributed by atoms with Crippen molar-refractivity contribution in [1.82, 2.24) is 30.1 Å². The van der Waals surface area contributed by atoms with Gasteiger partial charge in [-0.2, -0.15) is 5.10 Å². The Hall–Kier alpha value is -6.13. The maximum Gasteiger partial charge on any atom is 0.251 e. The van der Waals surface area contributed by atoms with Crippen LogP contribution in [0.3, 0.4) is 0 Å². The summed E-state index contributed by atoms with van der Waals surface area (Å²) < 4.78 is 1.89. The molecule has 2 aliphatic rings. The maximum atomic E-state index is 12.7. The van der Waals surface area contributed by atoms with Crippen LogP contribution in [0.1, 0.15) is 69.8 Å². The summed E-state index contributed by atoms with van der Waals surface area (Å²) in [6.07, 6.45) is 6.74. The molecule has 3 N–H and O–H groups in total. The summed E-state index contributed by atoms with van der Waals surface area (Å²) in [4.78, 5) is 43.5. The number of hydrogen-bond donors (Lipinski definition) is 3. The highest BCUT2D eigenvalue weighted by molar-refractivity contribution is 6.01. The van der Waals surface area contributed by atoms with E-state index >= 15 is 0 Å². The van der Waals surface area contributed by atoms with Crippen LogP contribution in [-0.4, -0.2) is 56.4 Å². The number of fused-ring (bicyclic) bond motifs is 1. The Balaban J connectivity index is 0.861. The molecular formula is C45H45N7O3. The Morgan fingerprint density at radius 2 is 1.58 bits per heavy atom. The minimum absolute atomic E-state index is 0.0847. The summed E-state index contributed by atoms with van der Waals surface area (Å²) in [5.74, 6) is -0.0243. The first-order chi connectivity index (χ1) is 26.8. The maximum absolute atomic E-state index is 12.7. The topological polar surface area (TPSA) is 121 Å². The summed E-state index contributed by atoms with van der Waals surface area (Å²) in [6.45, 7) is 7.52. The number of carbonyl (C=O) groups is 3. The number of aryl methyl sites for hydroxylation is 2. The molecule has 0 radical (unpaired) electrons.